The van der Waals surface area contributed by atoms with Gasteiger partial charge >= 0.3 is 6.18 Å². The first-order valence-electron chi connectivity index (χ1n) is 8.37. The van der Waals surface area contributed by atoms with Crippen molar-refractivity contribution in [3.8, 4) is 0 Å². The number of alkyl halides is 3. The Morgan fingerprint density at radius 2 is 1.96 bits per heavy atom. The molecule has 2 aromatic rings. The van der Waals surface area contributed by atoms with Crippen LogP contribution in [0.15, 0.2) is 30.3 Å². The highest BCUT2D eigenvalue weighted by Crippen LogP contribution is 2.35. The van der Waals surface area contributed by atoms with Crippen LogP contribution in [0, 0.1) is 0 Å². The molecular weight excluding hydrogens is 345 g/mol. The van der Waals surface area contributed by atoms with Crippen molar-refractivity contribution in [2.24, 2.45) is 0 Å². The topological polar surface area (TPSA) is 61.3 Å². The largest absolute Gasteiger partial charge is 0.433 e. The fraction of sp³-hybridized carbons (Fsp3) is 0.444. The lowest BCUT2D eigenvalue weighted by atomic mass is 9.79. The Hall–Kier alpha value is -2.35. The maximum absolute atomic E-state index is 13.1. The Morgan fingerprint density at radius 1 is 1.23 bits per heavy atom. The number of nitrogens with one attached hydrogen (secondary N) is 1. The fourth-order valence-corrected chi connectivity index (χ4v) is 3.19. The highest BCUT2D eigenvalue weighted by molar-refractivity contribution is 5.45. The Labute approximate surface area is 149 Å². The van der Waals surface area contributed by atoms with E-state index in [1.54, 1.807) is 14.1 Å². The van der Waals surface area contributed by atoms with Crippen molar-refractivity contribution in [3.05, 3.63) is 47.2 Å². The normalized spacial score (nSPS) is 19.8. The van der Waals surface area contributed by atoms with E-state index in [0.29, 0.717) is 6.42 Å². The van der Waals surface area contributed by atoms with Gasteiger partial charge in [0, 0.05) is 20.2 Å². The lowest BCUT2D eigenvalue weighted by Crippen LogP contribution is -2.38. The predicted molar refractivity (Wildman–Crippen MR) is 93.1 cm³/mol. The van der Waals surface area contributed by atoms with Crippen LogP contribution in [0.5, 0.6) is 0 Å². The van der Waals surface area contributed by atoms with Gasteiger partial charge in [0.2, 0.25) is 5.95 Å². The molecule has 0 fully saturated rings. The number of nitrogens with zero attached hydrogens (tertiary/aromatic N) is 3. The molecule has 0 spiro atoms. The SMILES string of the molecule is CN(C)c1cc(C(F)(F)F)nc(NCC2(O)CCCc3ccccc32)n1. The molecule has 1 aromatic carbocycles. The third kappa shape index (κ3) is 3.75. The molecule has 1 aromatic heterocycles. The number of halogens is 3. The van der Waals surface area contributed by atoms with Gasteiger partial charge in [-0.2, -0.15) is 18.2 Å². The summed E-state index contributed by atoms with van der Waals surface area (Å²) in [6.07, 6.45) is -2.36. The number of aliphatic hydroxyl groups is 1. The van der Waals surface area contributed by atoms with Gasteiger partial charge in [-0.1, -0.05) is 24.3 Å². The van der Waals surface area contributed by atoms with E-state index >= 15 is 0 Å². The molecule has 0 amide bonds. The summed E-state index contributed by atoms with van der Waals surface area (Å²) in [5, 5.41) is 13.8. The molecule has 0 radical (unpaired) electrons. The molecule has 8 heteroatoms. The molecule has 1 atom stereocenters. The minimum atomic E-state index is -4.57. The van der Waals surface area contributed by atoms with E-state index in [-0.39, 0.29) is 18.3 Å². The van der Waals surface area contributed by atoms with Crippen LogP contribution in [-0.2, 0) is 18.2 Å². The highest BCUT2D eigenvalue weighted by atomic mass is 19.4. The van der Waals surface area contributed by atoms with Gasteiger partial charge in [-0.25, -0.2) is 4.98 Å². The van der Waals surface area contributed by atoms with Crippen LogP contribution >= 0.6 is 0 Å². The molecular formula is C18H21F3N4O. The molecule has 1 aliphatic carbocycles. The summed E-state index contributed by atoms with van der Waals surface area (Å²) in [4.78, 5) is 9.16. The molecule has 0 bridgehead atoms. The monoisotopic (exact) mass is 366 g/mol. The highest BCUT2D eigenvalue weighted by Gasteiger charge is 2.36. The quantitative estimate of drug-likeness (QED) is 0.870. The van der Waals surface area contributed by atoms with Gasteiger partial charge in [-0.3, -0.25) is 0 Å². The van der Waals surface area contributed by atoms with Crippen LogP contribution in [-0.4, -0.2) is 35.7 Å². The molecule has 140 valence electrons. The van der Waals surface area contributed by atoms with Crippen LogP contribution in [0.1, 0.15) is 29.7 Å². The van der Waals surface area contributed by atoms with Gasteiger partial charge in [0.05, 0.1) is 6.54 Å². The van der Waals surface area contributed by atoms with Crippen molar-refractivity contribution in [1.29, 1.82) is 0 Å². The minimum absolute atomic E-state index is 0.0399. The molecule has 1 heterocycles. The van der Waals surface area contributed by atoms with Gasteiger partial charge < -0.3 is 15.3 Å². The van der Waals surface area contributed by atoms with Gasteiger partial charge in [0.15, 0.2) is 5.69 Å². The lowest BCUT2D eigenvalue weighted by Gasteiger charge is -2.34. The van der Waals surface area contributed by atoms with E-state index in [0.717, 1.165) is 30.0 Å². The van der Waals surface area contributed by atoms with Crippen LogP contribution < -0.4 is 10.2 Å². The molecule has 1 aliphatic rings. The number of aryl methyl sites for hydroxylation is 1. The van der Waals surface area contributed by atoms with E-state index in [9.17, 15) is 18.3 Å². The number of benzene rings is 1. The molecule has 2 N–H and O–H groups in total. The summed E-state index contributed by atoms with van der Waals surface area (Å²) < 4.78 is 39.3. The Balaban J connectivity index is 1.87. The average Bonchev–Trinajstić information content (AvgIpc) is 2.59. The first-order chi connectivity index (χ1) is 12.2. The molecule has 0 saturated carbocycles. The summed E-state index contributed by atoms with van der Waals surface area (Å²) >= 11 is 0. The number of anilines is 2. The summed E-state index contributed by atoms with van der Waals surface area (Å²) in [6, 6.07) is 8.48. The molecule has 26 heavy (non-hydrogen) atoms. The first-order valence-corrected chi connectivity index (χ1v) is 8.37. The standard InChI is InChI=1S/C18H21F3N4O/c1-25(2)15-10-14(18(19,20)21)23-16(24-15)22-11-17(26)9-5-7-12-6-3-4-8-13(12)17/h3-4,6,8,10,26H,5,7,9,11H2,1-2H3,(H,22,23,24). The summed E-state index contributed by atoms with van der Waals surface area (Å²) in [5.74, 6) is -0.00846. The Kier molecular flexibility index (Phi) is 4.79. The molecule has 3 rings (SSSR count). The van der Waals surface area contributed by atoms with Gasteiger partial charge in [-0.15, -0.1) is 0 Å². The molecule has 0 aliphatic heterocycles. The molecule has 0 saturated heterocycles. The van der Waals surface area contributed by atoms with Crippen molar-refractivity contribution in [1.82, 2.24) is 9.97 Å². The average molecular weight is 366 g/mol. The van der Waals surface area contributed by atoms with Crippen molar-refractivity contribution in [2.45, 2.75) is 31.0 Å². The van der Waals surface area contributed by atoms with Crippen LogP contribution in [0.2, 0.25) is 0 Å². The number of hydrogen-bond acceptors (Lipinski definition) is 5. The summed E-state index contributed by atoms with van der Waals surface area (Å²) in [7, 11) is 3.22. The lowest BCUT2D eigenvalue weighted by molar-refractivity contribution is -0.141. The maximum atomic E-state index is 13.1. The van der Waals surface area contributed by atoms with E-state index in [2.05, 4.69) is 15.3 Å². The van der Waals surface area contributed by atoms with E-state index in [4.69, 9.17) is 0 Å². The summed E-state index contributed by atoms with van der Waals surface area (Å²) in [5.41, 5.74) is -0.319. The minimum Gasteiger partial charge on any atom is -0.383 e. The zero-order valence-corrected chi connectivity index (χ0v) is 14.6. The van der Waals surface area contributed by atoms with Crippen molar-refractivity contribution in [3.63, 3.8) is 0 Å². The van der Waals surface area contributed by atoms with E-state index < -0.39 is 17.5 Å². The molecule has 5 nitrogen and oxygen atoms in total. The van der Waals surface area contributed by atoms with Crippen molar-refractivity contribution in [2.75, 3.05) is 30.9 Å². The van der Waals surface area contributed by atoms with Crippen LogP contribution in [0.4, 0.5) is 24.9 Å². The zero-order valence-electron chi connectivity index (χ0n) is 14.6. The van der Waals surface area contributed by atoms with Gasteiger partial charge in [0.25, 0.3) is 0 Å². The van der Waals surface area contributed by atoms with Crippen LogP contribution in [0.25, 0.3) is 0 Å². The predicted octanol–water partition coefficient (Wildman–Crippen LogP) is 3.20. The number of hydrogen-bond donors (Lipinski definition) is 2. The Bertz CT molecular complexity index is 794. The second kappa shape index (κ2) is 6.75. The summed E-state index contributed by atoms with van der Waals surface area (Å²) in [6.45, 7) is 0.0399. The van der Waals surface area contributed by atoms with Crippen molar-refractivity contribution < 1.29 is 18.3 Å². The van der Waals surface area contributed by atoms with Gasteiger partial charge in [-0.05, 0) is 30.4 Å². The third-order valence-corrected chi connectivity index (χ3v) is 4.56. The van der Waals surface area contributed by atoms with Crippen molar-refractivity contribution >= 4 is 11.8 Å². The van der Waals surface area contributed by atoms with Crippen LogP contribution in [0.3, 0.4) is 0 Å². The second-order valence-corrected chi connectivity index (χ2v) is 6.72. The smallest absolute Gasteiger partial charge is 0.383 e. The second-order valence-electron chi connectivity index (χ2n) is 6.72. The maximum Gasteiger partial charge on any atom is 0.433 e. The van der Waals surface area contributed by atoms with Gasteiger partial charge in [0.1, 0.15) is 11.4 Å². The number of rotatable bonds is 4. The third-order valence-electron chi connectivity index (χ3n) is 4.56. The van der Waals surface area contributed by atoms with E-state index in [1.165, 1.54) is 4.90 Å². The molecule has 1 unspecified atom stereocenters. The fourth-order valence-electron chi connectivity index (χ4n) is 3.19. The first kappa shape index (κ1) is 18.4. The number of aromatic nitrogens is 2. The zero-order chi connectivity index (χ0) is 18.9. The van der Waals surface area contributed by atoms with E-state index in [1.807, 2.05) is 24.3 Å². The number of fused-ring (bicyclic) bond motifs is 1. The Morgan fingerprint density at radius 3 is 2.65 bits per heavy atom.